The van der Waals surface area contributed by atoms with Crippen molar-refractivity contribution in [2.75, 3.05) is 6.54 Å². The molecule has 1 aliphatic rings. The summed E-state index contributed by atoms with van der Waals surface area (Å²) in [5.74, 6) is 2.22. The van der Waals surface area contributed by atoms with E-state index in [1.54, 1.807) is 6.20 Å². The number of hydrogen-bond acceptors (Lipinski definition) is 3. The molecule has 1 fully saturated rings. The van der Waals surface area contributed by atoms with Crippen molar-refractivity contribution in [3.8, 4) is 11.6 Å². The van der Waals surface area contributed by atoms with Gasteiger partial charge in [0.05, 0.1) is 0 Å². The Morgan fingerprint density at radius 3 is 2.68 bits per heavy atom. The molecule has 19 heavy (non-hydrogen) atoms. The minimum Gasteiger partial charge on any atom is -0.439 e. The summed E-state index contributed by atoms with van der Waals surface area (Å²) in [6.07, 6.45) is 6.34. The third-order valence-corrected chi connectivity index (χ3v) is 3.03. The number of aromatic nitrogens is 1. The zero-order chi connectivity index (χ0) is 12.9. The second kappa shape index (κ2) is 5.65. The average Bonchev–Trinajstić information content (AvgIpc) is 3.26. The molecule has 1 aliphatic carbocycles. The van der Waals surface area contributed by atoms with Crippen LogP contribution in [0.2, 0.25) is 0 Å². The molecule has 0 spiro atoms. The van der Waals surface area contributed by atoms with Gasteiger partial charge in [0.1, 0.15) is 5.75 Å². The maximum atomic E-state index is 5.63. The summed E-state index contributed by atoms with van der Waals surface area (Å²) in [7, 11) is 0. The van der Waals surface area contributed by atoms with Crippen LogP contribution in [0.5, 0.6) is 11.6 Å². The molecule has 2 aromatic rings. The number of rotatable bonds is 5. The summed E-state index contributed by atoms with van der Waals surface area (Å²) in [5.41, 5.74) is 1.01. The number of pyridine rings is 1. The van der Waals surface area contributed by atoms with Gasteiger partial charge in [0.25, 0.3) is 0 Å². The smallest absolute Gasteiger partial charge is 0.219 e. The van der Waals surface area contributed by atoms with Crippen LogP contribution >= 0.6 is 0 Å². The van der Waals surface area contributed by atoms with E-state index in [-0.39, 0.29) is 0 Å². The van der Waals surface area contributed by atoms with Gasteiger partial charge in [-0.3, -0.25) is 4.99 Å². The molecule has 3 nitrogen and oxygen atoms in total. The molecule has 1 heterocycles. The van der Waals surface area contributed by atoms with E-state index in [1.807, 2.05) is 48.7 Å². The maximum absolute atomic E-state index is 5.63. The lowest BCUT2D eigenvalue weighted by atomic mass is 10.3. The maximum Gasteiger partial charge on any atom is 0.219 e. The minimum atomic E-state index is 0.602. The summed E-state index contributed by atoms with van der Waals surface area (Å²) in [6.45, 7) is 0.947. The predicted molar refractivity (Wildman–Crippen MR) is 75.9 cm³/mol. The highest BCUT2D eigenvalue weighted by Gasteiger charge is 2.19. The van der Waals surface area contributed by atoms with Gasteiger partial charge in [-0.05, 0) is 37.0 Å². The Kier molecular flexibility index (Phi) is 3.54. The highest BCUT2D eigenvalue weighted by atomic mass is 16.5. The molecule has 0 saturated heterocycles. The van der Waals surface area contributed by atoms with E-state index in [9.17, 15) is 0 Å². The summed E-state index contributed by atoms with van der Waals surface area (Å²) in [4.78, 5) is 8.69. The number of benzene rings is 1. The number of hydrogen-bond donors (Lipinski definition) is 0. The van der Waals surface area contributed by atoms with Crippen LogP contribution in [0, 0.1) is 5.92 Å². The van der Waals surface area contributed by atoms with E-state index in [0.717, 1.165) is 23.8 Å². The number of ether oxygens (including phenoxy) is 1. The first-order valence-corrected chi connectivity index (χ1v) is 6.59. The van der Waals surface area contributed by atoms with Crippen LogP contribution in [-0.2, 0) is 0 Å². The average molecular weight is 252 g/mol. The summed E-state index contributed by atoms with van der Waals surface area (Å²) in [5, 5.41) is 0. The first-order valence-electron chi connectivity index (χ1n) is 6.59. The fourth-order valence-electron chi connectivity index (χ4n) is 1.75. The highest BCUT2D eigenvalue weighted by molar-refractivity contribution is 5.79. The van der Waals surface area contributed by atoms with Crippen LogP contribution < -0.4 is 4.74 Å². The number of aliphatic imine (C=N–C) groups is 1. The Bertz CT molecular complexity index is 545. The van der Waals surface area contributed by atoms with Crippen molar-refractivity contribution in [2.45, 2.75) is 12.8 Å². The van der Waals surface area contributed by atoms with Crippen LogP contribution in [0.4, 0.5) is 0 Å². The zero-order valence-electron chi connectivity index (χ0n) is 10.7. The zero-order valence-corrected chi connectivity index (χ0v) is 10.7. The highest BCUT2D eigenvalue weighted by Crippen LogP contribution is 2.28. The molecule has 0 unspecified atom stereocenters. The van der Waals surface area contributed by atoms with Crippen molar-refractivity contribution in [1.82, 2.24) is 4.98 Å². The monoisotopic (exact) mass is 252 g/mol. The van der Waals surface area contributed by atoms with Crippen molar-refractivity contribution in [1.29, 1.82) is 0 Å². The molecule has 1 saturated carbocycles. The second-order valence-corrected chi connectivity index (χ2v) is 4.78. The number of nitrogens with zero attached hydrogens (tertiary/aromatic N) is 2. The number of para-hydroxylation sites is 1. The van der Waals surface area contributed by atoms with Gasteiger partial charge in [-0.15, -0.1) is 0 Å². The molecule has 3 rings (SSSR count). The Labute approximate surface area is 113 Å². The second-order valence-electron chi connectivity index (χ2n) is 4.78. The van der Waals surface area contributed by atoms with Crippen molar-refractivity contribution >= 4 is 6.21 Å². The molecule has 0 radical (unpaired) electrons. The van der Waals surface area contributed by atoms with Gasteiger partial charge in [0.15, 0.2) is 0 Å². The molecular weight excluding hydrogens is 236 g/mol. The lowest BCUT2D eigenvalue weighted by molar-refractivity contribution is 0.463. The van der Waals surface area contributed by atoms with Crippen LogP contribution in [0.25, 0.3) is 0 Å². The van der Waals surface area contributed by atoms with E-state index in [4.69, 9.17) is 4.74 Å². The SMILES string of the molecule is C(=N\CC1CC1)/c1ccc(Oc2ccccc2)nc1. The summed E-state index contributed by atoms with van der Waals surface area (Å²) >= 11 is 0. The molecule has 96 valence electrons. The van der Waals surface area contributed by atoms with Gasteiger partial charge in [-0.25, -0.2) is 4.98 Å². The van der Waals surface area contributed by atoms with Gasteiger partial charge in [0.2, 0.25) is 5.88 Å². The predicted octanol–water partition coefficient (Wildman–Crippen LogP) is 3.70. The van der Waals surface area contributed by atoms with E-state index >= 15 is 0 Å². The van der Waals surface area contributed by atoms with E-state index < -0.39 is 0 Å². The van der Waals surface area contributed by atoms with Crippen LogP contribution in [0.15, 0.2) is 53.7 Å². The topological polar surface area (TPSA) is 34.5 Å². The largest absolute Gasteiger partial charge is 0.439 e. The van der Waals surface area contributed by atoms with Gasteiger partial charge >= 0.3 is 0 Å². The quantitative estimate of drug-likeness (QED) is 0.760. The first kappa shape index (κ1) is 11.9. The van der Waals surface area contributed by atoms with Crippen LogP contribution in [-0.4, -0.2) is 17.7 Å². The minimum absolute atomic E-state index is 0.602. The lowest BCUT2D eigenvalue weighted by Crippen LogP contribution is -1.90. The molecule has 0 N–H and O–H groups in total. The molecule has 0 amide bonds. The van der Waals surface area contributed by atoms with Crippen molar-refractivity contribution < 1.29 is 4.74 Å². The molecular formula is C16H16N2O. The first-order chi connectivity index (χ1) is 9.40. The molecule has 0 aliphatic heterocycles. The Morgan fingerprint density at radius 1 is 1.16 bits per heavy atom. The third-order valence-electron chi connectivity index (χ3n) is 3.03. The fourth-order valence-corrected chi connectivity index (χ4v) is 1.75. The lowest BCUT2D eigenvalue weighted by Gasteiger charge is -2.03. The van der Waals surface area contributed by atoms with Crippen LogP contribution in [0.3, 0.4) is 0 Å². The van der Waals surface area contributed by atoms with E-state index in [1.165, 1.54) is 12.8 Å². The van der Waals surface area contributed by atoms with Gasteiger partial charge in [-0.2, -0.15) is 0 Å². The molecule has 0 bridgehead atoms. The Morgan fingerprint density at radius 2 is 2.00 bits per heavy atom. The fraction of sp³-hybridized carbons (Fsp3) is 0.250. The molecule has 0 atom stereocenters. The standard InChI is InChI=1S/C16H16N2O/c1-2-4-15(5-3-1)19-16-9-8-14(12-18-16)11-17-10-13-6-7-13/h1-5,8-9,11-13H,6-7,10H2/b17-11+. The Balaban J connectivity index is 1.60. The van der Waals surface area contributed by atoms with Crippen molar-refractivity contribution in [2.24, 2.45) is 10.9 Å². The third kappa shape index (κ3) is 3.65. The normalized spacial score (nSPS) is 14.7. The van der Waals surface area contributed by atoms with Gasteiger partial charge in [0, 0.05) is 30.6 Å². The van der Waals surface area contributed by atoms with Crippen LogP contribution in [0.1, 0.15) is 18.4 Å². The molecule has 1 aromatic carbocycles. The van der Waals surface area contributed by atoms with E-state index in [2.05, 4.69) is 9.98 Å². The Hall–Kier alpha value is -2.16. The van der Waals surface area contributed by atoms with Gasteiger partial charge in [-0.1, -0.05) is 18.2 Å². The summed E-state index contributed by atoms with van der Waals surface area (Å²) < 4.78 is 5.63. The van der Waals surface area contributed by atoms with Gasteiger partial charge < -0.3 is 4.74 Å². The van der Waals surface area contributed by atoms with Crippen molar-refractivity contribution in [3.63, 3.8) is 0 Å². The summed E-state index contributed by atoms with van der Waals surface area (Å²) in [6, 6.07) is 13.5. The van der Waals surface area contributed by atoms with Crippen molar-refractivity contribution in [3.05, 3.63) is 54.2 Å². The van der Waals surface area contributed by atoms with E-state index in [0.29, 0.717) is 5.88 Å². The molecule has 1 aromatic heterocycles. The molecule has 3 heteroatoms.